The van der Waals surface area contributed by atoms with Gasteiger partial charge in [0.1, 0.15) is 0 Å². The number of rotatable bonds is 12. The molecule has 124 valence electrons. The second kappa shape index (κ2) is 11.8. The highest BCUT2D eigenvalue weighted by Gasteiger charge is 1.93. The van der Waals surface area contributed by atoms with Crippen molar-refractivity contribution in [1.29, 1.82) is 0 Å². The third-order valence-electron chi connectivity index (χ3n) is 3.82. The van der Waals surface area contributed by atoms with Crippen molar-refractivity contribution in [3.05, 3.63) is 71.8 Å². The number of hydrogen-bond acceptors (Lipinski definition) is 3. The topological polar surface area (TPSA) is 36.1 Å². The average Bonchev–Trinajstić information content (AvgIpc) is 2.61. The Labute approximate surface area is 140 Å². The quantitative estimate of drug-likeness (QED) is 0.526. The SMILES string of the molecule is c1ccc(CCNCCNCCNCCc2ccccc2)cc1. The molecule has 0 amide bonds. The number of benzene rings is 2. The number of hydrogen-bond donors (Lipinski definition) is 3. The summed E-state index contributed by atoms with van der Waals surface area (Å²) < 4.78 is 0. The monoisotopic (exact) mass is 311 g/mol. The van der Waals surface area contributed by atoms with Crippen molar-refractivity contribution < 1.29 is 0 Å². The first-order valence-electron chi connectivity index (χ1n) is 8.65. The van der Waals surface area contributed by atoms with E-state index < -0.39 is 0 Å². The molecule has 0 atom stereocenters. The standard InChI is InChI=1S/C20H29N3/c1-3-7-19(8-4-1)11-13-21-15-17-23-18-16-22-14-12-20-9-5-2-6-10-20/h1-10,21-23H,11-18H2. The van der Waals surface area contributed by atoms with Crippen LogP contribution in [0.5, 0.6) is 0 Å². The van der Waals surface area contributed by atoms with Gasteiger partial charge >= 0.3 is 0 Å². The molecular weight excluding hydrogens is 282 g/mol. The van der Waals surface area contributed by atoms with E-state index in [1.165, 1.54) is 11.1 Å². The highest BCUT2D eigenvalue weighted by molar-refractivity contribution is 5.15. The molecule has 0 bridgehead atoms. The molecule has 0 radical (unpaired) electrons. The third-order valence-corrected chi connectivity index (χ3v) is 3.82. The van der Waals surface area contributed by atoms with Gasteiger partial charge in [0.2, 0.25) is 0 Å². The van der Waals surface area contributed by atoms with Gasteiger partial charge in [0.05, 0.1) is 0 Å². The van der Waals surface area contributed by atoms with Gasteiger partial charge in [-0.15, -0.1) is 0 Å². The van der Waals surface area contributed by atoms with Gasteiger partial charge in [-0.2, -0.15) is 0 Å². The third kappa shape index (κ3) is 8.50. The normalized spacial score (nSPS) is 10.8. The molecule has 0 aromatic heterocycles. The Hall–Kier alpha value is -1.68. The molecule has 3 heteroatoms. The summed E-state index contributed by atoms with van der Waals surface area (Å²) in [6.07, 6.45) is 2.20. The van der Waals surface area contributed by atoms with E-state index >= 15 is 0 Å². The van der Waals surface area contributed by atoms with Crippen LogP contribution in [0, 0.1) is 0 Å². The lowest BCUT2D eigenvalue weighted by Crippen LogP contribution is -2.33. The summed E-state index contributed by atoms with van der Waals surface area (Å²) in [5.41, 5.74) is 2.80. The van der Waals surface area contributed by atoms with Crippen LogP contribution in [-0.2, 0) is 12.8 Å². The van der Waals surface area contributed by atoms with Gasteiger partial charge < -0.3 is 16.0 Å². The van der Waals surface area contributed by atoms with Gasteiger partial charge in [-0.25, -0.2) is 0 Å². The van der Waals surface area contributed by atoms with Crippen molar-refractivity contribution in [2.75, 3.05) is 39.3 Å². The van der Waals surface area contributed by atoms with Crippen LogP contribution in [0.2, 0.25) is 0 Å². The molecule has 0 aliphatic carbocycles. The fourth-order valence-corrected chi connectivity index (χ4v) is 2.48. The molecule has 3 nitrogen and oxygen atoms in total. The minimum atomic E-state index is 1.02. The van der Waals surface area contributed by atoms with Crippen molar-refractivity contribution in [3.8, 4) is 0 Å². The summed E-state index contributed by atoms with van der Waals surface area (Å²) in [6, 6.07) is 21.3. The van der Waals surface area contributed by atoms with Crippen molar-refractivity contribution in [2.24, 2.45) is 0 Å². The summed E-state index contributed by atoms with van der Waals surface area (Å²) in [4.78, 5) is 0. The van der Waals surface area contributed by atoms with Crippen LogP contribution in [-0.4, -0.2) is 39.3 Å². The fourth-order valence-electron chi connectivity index (χ4n) is 2.48. The van der Waals surface area contributed by atoms with Crippen molar-refractivity contribution in [3.63, 3.8) is 0 Å². The highest BCUT2D eigenvalue weighted by atomic mass is 15.0. The average molecular weight is 311 g/mol. The van der Waals surface area contributed by atoms with E-state index in [4.69, 9.17) is 0 Å². The summed E-state index contributed by atoms with van der Waals surface area (Å²) in [5.74, 6) is 0. The first-order valence-corrected chi connectivity index (χ1v) is 8.65. The number of nitrogens with one attached hydrogen (secondary N) is 3. The molecule has 2 aromatic carbocycles. The Bertz CT molecular complexity index is 451. The Kier molecular flexibility index (Phi) is 9.09. The van der Waals surface area contributed by atoms with E-state index in [9.17, 15) is 0 Å². The van der Waals surface area contributed by atoms with Crippen LogP contribution in [0.4, 0.5) is 0 Å². The van der Waals surface area contributed by atoms with Crippen LogP contribution in [0.1, 0.15) is 11.1 Å². The van der Waals surface area contributed by atoms with E-state index in [2.05, 4.69) is 76.6 Å². The summed E-state index contributed by atoms with van der Waals surface area (Å²) in [6.45, 7) is 6.18. The minimum Gasteiger partial charge on any atom is -0.315 e. The van der Waals surface area contributed by atoms with E-state index in [1.54, 1.807) is 0 Å². The summed E-state index contributed by atoms with van der Waals surface area (Å²) in [7, 11) is 0. The van der Waals surface area contributed by atoms with E-state index in [1.807, 2.05) is 0 Å². The van der Waals surface area contributed by atoms with Gasteiger partial charge in [-0.05, 0) is 37.1 Å². The maximum atomic E-state index is 3.47. The van der Waals surface area contributed by atoms with Gasteiger partial charge in [0.15, 0.2) is 0 Å². The molecule has 0 saturated heterocycles. The Morgan fingerprint density at radius 3 is 1.17 bits per heavy atom. The lowest BCUT2D eigenvalue weighted by atomic mass is 10.1. The van der Waals surface area contributed by atoms with E-state index in [0.717, 1.165) is 52.1 Å². The lowest BCUT2D eigenvalue weighted by molar-refractivity contribution is 0.582. The maximum Gasteiger partial charge on any atom is 0.00772 e. The largest absolute Gasteiger partial charge is 0.315 e. The Balaban J connectivity index is 1.34. The van der Waals surface area contributed by atoms with Gasteiger partial charge in [0.25, 0.3) is 0 Å². The molecule has 0 fully saturated rings. The molecule has 0 saturated carbocycles. The first kappa shape index (κ1) is 17.7. The predicted octanol–water partition coefficient (Wildman–Crippen LogP) is 2.24. The molecule has 0 heterocycles. The molecule has 2 rings (SSSR count). The molecule has 3 N–H and O–H groups in total. The minimum absolute atomic E-state index is 1.02. The zero-order chi connectivity index (χ0) is 16.0. The molecule has 0 unspecified atom stereocenters. The maximum absolute atomic E-state index is 3.47. The van der Waals surface area contributed by atoms with Crippen LogP contribution in [0.15, 0.2) is 60.7 Å². The highest BCUT2D eigenvalue weighted by Crippen LogP contribution is 1.98. The Morgan fingerprint density at radius 2 is 0.783 bits per heavy atom. The van der Waals surface area contributed by atoms with Gasteiger partial charge in [-0.3, -0.25) is 0 Å². The molecule has 2 aromatic rings. The Morgan fingerprint density at radius 1 is 0.435 bits per heavy atom. The summed E-state index contributed by atoms with van der Waals surface area (Å²) >= 11 is 0. The van der Waals surface area contributed by atoms with Gasteiger partial charge in [-0.1, -0.05) is 60.7 Å². The lowest BCUT2D eigenvalue weighted by Gasteiger charge is -2.08. The van der Waals surface area contributed by atoms with Gasteiger partial charge in [0, 0.05) is 26.2 Å². The van der Waals surface area contributed by atoms with Crippen LogP contribution < -0.4 is 16.0 Å². The van der Waals surface area contributed by atoms with E-state index in [0.29, 0.717) is 0 Å². The summed E-state index contributed by atoms with van der Waals surface area (Å²) in [5, 5.41) is 10.4. The van der Waals surface area contributed by atoms with Crippen LogP contribution in [0.3, 0.4) is 0 Å². The van der Waals surface area contributed by atoms with Crippen molar-refractivity contribution in [2.45, 2.75) is 12.8 Å². The smallest absolute Gasteiger partial charge is 0.00772 e. The van der Waals surface area contributed by atoms with Crippen molar-refractivity contribution in [1.82, 2.24) is 16.0 Å². The first-order chi connectivity index (χ1) is 11.4. The molecule has 0 spiro atoms. The van der Waals surface area contributed by atoms with Crippen molar-refractivity contribution >= 4 is 0 Å². The molecule has 23 heavy (non-hydrogen) atoms. The van der Waals surface area contributed by atoms with Crippen LogP contribution in [0.25, 0.3) is 0 Å². The second-order valence-corrected chi connectivity index (χ2v) is 5.72. The van der Waals surface area contributed by atoms with E-state index in [-0.39, 0.29) is 0 Å². The second-order valence-electron chi connectivity index (χ2n) is 5.72. The van der Waals surface area contributed by atoms with Crippen LogP contribution >= 0.6 is 0 Å². The molecular formula is C20H29N3. The zero-order valence-corrected chi connectivity index (χ0v) is 13.9. The molecule has 0 aliphatic rings. The predicted molar refractivity (Wildman–Crippen MR) is 98.9 cm³/mol. The molecule has 0 aliphatic heterocycles. The fraction of sp³-hybridized carbons (Fsp3) is 0.400. The zero-order valence-electron chi connectivity index (χ0n) is 13.9.